The van der Waals surface area contributed by atoms with Gasteiger partial charge in [-0.3, -0.25) is 4.99 Å². The molecule has 1 aromatic rings. The molecule has 1 saturated heterocycles. The second-order valence-electron chi connectivity index (χ2n) is 8.11. The molecule has 28 heavy (non-hydrogen) atoms. The van der Waals surface area contributed by atoms with Gasteiger partial charge in [-0.2, -0.15) is 0 Å². The van der Waals surface area contributed by atoms with Crippen molar-refractivity contribution in [1.82, 2.24) is 9.47 Å². The Morgan fingerprint density at radius 2 is 1.89 bits per heavy atom. The monoisotopic (exact) mass is 411 g/mol. The number of carbonyl (C=O) groups excluding carboxylic acids is 2. The first-order valence-corrected chi connectivity index (χ1v) is 10.8. The largest absolute Gasteiger partial charge is 0.461 e. The SMILES string of the molecule is CCCCOC(=O)c1c(C2CCN(C(=O)OC(C)(C)C)CC2)sc(=NC)n1C. The van der Waals surface area contributed by atoms with Gasteiger partial charge >= 0.3 is 12.1 Å². The van der Waals surface area contributed by atoms with Gasteiger partial charge in [0.15, 0.2) is 4.80 Å². The van der Waals surface area contributed by atoms with Gasteiger partial charge in [0, 0.05) is 32.1 Å². The summed E-state index contributed by atoms with van der Waals surface area (Å²) in [6.07, 6.45) is 3.14. The zero-order valence-electron chi connectivity index (χ0n) is 17.9. The number of thiazole rings is 1. The number of amides is 1. The first-order valence-electron chi connectivity index (χ1n) is 9.95. The highest BCUT2D eigenvalue weighted by Crippen LogP contribution is 2.33. The lowest BCUT2D eigenvalue weighted by atomic mass is 9.94. The summed E-state index contributed by atoms with van der Waals surface area (Å²) in [5.74, 6) is -0.0780. The lowest BCUT2D eigenvalue weighted by Gasteiger charge is -2.33. The Balaban J connectivity index is 2.14. The summed E-state index contributed by atoms with van der Waals surface area (Å²) in [5, 5.41) is 0. The maximum atomic E-state index is 12.7. The van der Waals surface area contributed by atoms with Crippen LogP contribution in [0.15, 0.2) is 4.99 Å². The van der Waals surface area contributed by atoms with E-state index in [0.29, 0.717) is 25.4 Å². The maximum Gasteiger partial charge on any atom is 0.410 e. The number of ether oxygens (including phenoxy) is 2. The summed E-state index contributed by atoms with van der Waals surface area (Å²) in [6.45, 7) is 9.34. The number of piperidine rings is 1. The Hall–Kier alpha value is -1.83. The number of carbonyl (C=O) groups is 2. The molecule has 0 saturated carbocycles. The van der Waals surface area contributed by atoms with E-state index in [-0.39, 0.29) is 18.0 Å². The normalized spacial score (nSPS) is 16.4. The molecule has 0 bridgehead atoms. The van der Waals surface area contributed by atoms with Gasteiger partial charge in [0.1, 0.15) is 11.3 Å². The quantitative estimate of drug-likeness (QED) is 0.547. The van der Waals surface area contributed by atoms with E-state index in [9.17, 15) is 9.59 Å². The van der Waals surface area contributed by atoms with E-state index in [1.165, 1.54) is 0 Å². The van der Waals surface area contributed by atoms with Crippen LogP contribution in [0.25, 0.3) is 0 Å². The molecule has 1 aliphatic rings. The van der Waals surface area contributed by atoms with Crippen LogP contribution in [0, 0.1) is 0 Å². The molecule has 0 atom stereocenters. The number of aromatic nitrogens is 1. The van der Waals surface area contributed by atoms with Crippen molar-refractivity contribution in [1.29, 1.82) is 0 Å². The molecular weight excluding hydrogens is 378 g/mol. The Labute approximate surface area is 171 Å². The van der Waals surface area contributed by atoms with Crippen molar-refractivity contribution in [2.24, 2.45) is 12.0 Å². The molecule has 7 nitrogen and oxygen atoms in total. The summed E-state index contributed by atoms with van der Waals surface area (Å²) < 4.78 is 12.8. The highest BCUT2D eigenvalue weighted by molar-refractivity contribution is 7.09. The van der Waals surface area contributed by atoms with Crippen molar-refractivity contribution < 1.29 is 19.1 Å². The van der Waals surface area contributed by atoms with Crippen LogP contribution in [0.1, 0.15) is 74.7 Å². The van der Waals surface area contributed by atoms with Crippen molar-refractivity contribution in [2.45, 2.75) is 64.9 Å². The van der Waals surface area contributed by atoms with Crippen LogP contribution < -0.4 is 4.80 Å². The summed E-state index contributed by atoms with van der Waals surface area (Å²) in [6, 6.07) is 0. The third-order valence-electron chi connectivity index (χ3n) is 4.69. The predicted molar refractivity (Wildman–Crippen MR) is 110 cm³/mol. The lowest BCUT2D eigenvalue weighted by molar-refractivity contribution is 0.0203. The van der Waals surface area contributed by atoms with Crippen LogP contribution >= 0.6 is 11.3 Å². The molecule has 0 N–H and O–H groups in total. The van der Waals surface area contributed by atoms with E-state index in [1.807, 2.05) is 32.4 Å². The predicted octanol–water partition coefficient (Wildman–Crippen LogP) is 3.69. The maximum absolute atomic E-state index is 12.7. The molecule has 1 fully saturated rings. The fourth-order valence-electron chi connectivity index (χ4n) is 3.21. The third-order valence-corrected chi connectivity index (χ3v) is 6.08. The topological polar surface area (TPSA) is 73.1 Å². The third kappa shape index (κ3) is 5.59. The van der Waals surface area contributed by atoms with Gasteiger partial charge in [0.25, 0.3) is 0 Å². The first kappa shape index (κ1) is 22.5. The van der Waals surface area contributed by atoms with E-state index >= 15 is 0 Å². The van der Waals surface area contributed by atoms with Crippen molar-refractivity contribution in [3.63, 3.8) is 0 Å². The summed E-state index contributed by atoms with van der Waals surface area (Å²) in [4.78, 5) is 32.8. The van der Waals surface area contributed by atoms with E-state index in [4.69, 9.17) is 9.47 Å². The zero-order valence-corrected chi connectivity index (χ0v) is 18.7. The second-order valence-corrected chi connectivity index (χ2v) is 9.12. The zero-order chi connectivity index (χ0) is 20.9. The Morgan fingerprint density at radius 3 is 2.43 bits per heavy atom. The van der Waals surface area contributed by atoms with Crippen LogP contribution in [0.5, 0.6) is 0 Å². The lowest BCUT2D eigenvalue weighted by Crippen LogP contribution is -2.41. The molecule has 0 radical (unpaired) electrons. The average Bonchev–Trinajstić information content (AvgIpc) is 2.97. The first-order chi connectivity index (χ1) is 13.2. The fourth-order valence-corrected chi connectivity index (χ4v) is 4.45. The number of hydrogen-bond acceptors (Lipinski definition) is 6. The summed E-state index contributed by atoms with van der Waals surface area (Å²) >= 11 is 1.54. The number of esters is 1. The van der Waals surface area contributed by atoms with Gasteiger partial charge in [-0.05, 0) is 46.0 Å². The molecule has 2 rings (SSSR count). The standard InChI is InChI=1S/C20H33N3O4S/c1-7-8-13-26-17(24)15-16(28-18(21-5)22(15)6)14-9-11-23(12-10-14)19(25)27-20(2,3)4/h14H,7-13H2,1-6H3. The molecule has 2 heterocycles. The molecule has 0 unspecified atom stereocenters. The Kier molecular flexibility index (Phi) is 7.69. The smallest absolute Gasteiger partial charge is 0.410 e. The van der Waals surface area contributed by atoms with Crippen LogP contribution in [0.4, 0.5) is 4.79 Å². The van der Waals surface area contributed by atoms with Gasteiger partial charge in [0.2, 0.25) is 0 Å². The van der Waals surface area contributed by atoms with Gasteiger partial charge in [-0.25, -0.2) is 9.59 Å². The number of hydrogen-bond donors (Lipinski definition) is 0. The number of unbranched alkanes of at least 4 members (excludes halogenated alkanes) is 1. The number of likely N-dealkylation sites (tertiary alicyclic amines) is 1. The molecule has 158 valence electrons. The van der Waals surface area contributed by atoms with Crippen molar-refractivity contribution in [2.75, 3.05) is 26.7 Å². The van der Waals surface area contributed by atoms with E-state index < -0.39 is 5.60 Å². The van der Waals surface area contributed by atoms with E-state index in [1.54, 1.807) is 23.3 Å². The van der Waals surface area contributed by atoms with Crippen LogP contribution in [0.2, 0.25) is 0 Å². The highest BCUT2D eigenvalue weighted by atomic mass is 32.1. The van der Waals surface area contributed by atoms with Gasteiger partial charge < -0.3 is 18.9 Å². The molecule has 1 aliphatic heterocycles. The summed E-state index contributed by atoms with van der Waals surface area (Å²) in [5.41, 5.74) is 0.0972. The van der Waals surface area contributed by atoms with Crippen LogP contribution in [-0.2, 0) is 16.5 Å². The Morgan fingerprint density at radius 1 is 1.25 bits per heavy atom. The average molecular weight is 412 g/mol. The van der Waals surface area contributed by atoms with Gasteiger partial charge in [0.05, 0.1) is 6.61 Å². The number of rotatable bonds is 5. The number of nitrogens with zero attached hydrogens (tertiary/aromatic N) is 3. The minimum absolute atomic E-state index is 0.208. The molecular formula is C20H33N3O4S. The van der Waals surface area contributed by atoms with Crippen LogP contribution in [-0.4, -0.2) is 53.9 Å². The highest BCUT2D eigenvalue weighted by Gasteiger charge is 2.32. The van der Waals surface area contributed by atoms with Gasteiger partial charge in [-0.15, -0.1) is 11.3 Å². The van der Waals surface area contributed by atoms with E-state index in [2.05, 4.69) is 11.9 Å². The molecule has 1 aromatic heterocycles. The van der Waals surface area contributed by atoms with Gasteiger partial charge in [-0.1, -0.05) is 13.3 Å². The molecule has 0 aliphatic carbocycles. The fraction of sp³-hybridized carbons (Fsp3) is 0.750. The van der Waals surface area contributed by atoms with Crippen molar-refractivity contribution in [3.8, 4) is 0 Å². The Bertz CT molecular complexity index is 752. The van der Waals surface area contributed by atoms with Crippen LogP contribution in [0.3, 0.4) is 0 Å². The second kappa shape index (κ2) is 9.58. The van der Waals surface area contributed by atoms with Crippen molar-refractivity contribution in [3.05, 3.63) is 15.4 Å². The molecule has 0 aromatic carbocycles. The van der Waals surface area contributed by atoms with Crippen molar-refractivity contribution >= 4 is 23.4 Å². The summed E-state index contributed by atoms with van der Waals surface area (Å²) in [7, 11) is 3.58. The molecule has 1 amide bonds. The molecule has 0 spiro atoms. The minimum atomic E-state index is -0.498. The minimum Gasteiger partial charge on any atom is -0.461 e. The molecule has 8 heteroatoms. The van der Waals surface area contributed by atoms with E-state index in [0.717, 1.165) is 35.4 Å².